The minimum Gasteiger partial charge on any atom is -0.391 e. The molecule has 0 radical (unpaired) electrons. The minimum atomic E-state index is -0.596. The van der Waals surface area contributed by atoms with E-state index in [-0.39, 0.29) is 5.69 Å². The normalized spacial score (nSPS) is 12.4. The molecule has 1 unspecified atom stereocenters. The van der Waals surface area contributed by atoms with Crippen molar-refractivity contribution in [3.8, 4) is 0 Å². The molecule has 0 saturated carbocycles. The van der Waals surface area contributed by atoms with E-state index in [4.69, 9.17) is 0 Å². The zero-order valence-corrected chi connectivity index (χ0v) is 9.22. The fourth-order valence-electron chi connectivity index (χ4n) is 1.50. The van der Waals surface area contributed by atoms with Crippen molar-refractivity contribution in [2.45, 2.75) is 19.4 Å². The topological polar surface area (TPSA) is 75.4 Å². The average molecular weight is 224 g/mol. The van der Waals surface area contributed by atoms with Crippen LogP contribution in [0.25, 0.3) is 0 Å². The predicted molar refractivity (Wildman–Crippen MR) is 61.4 cm³/mol. The standard InChI is InChI=1S/C11H16N2O3/c1-2-12-8-10(14)7-9-5-3-4-6-11(9)13(15)16/h3-6,10,12,14H,2,7-8H2,1H3. The highest BCUT2D eigenvalue weighted by molar-refractivity contribution is 5.40. The lowest BCUT2D eigenvalue weighted by molar-refractivity contribution is -0.385. The van der Waals surface area contributed by atoms with Gasteiger partial charge in [-0.1, -0.05) is 25.1 Å². The first kappa shape index (κ1) is 12.6. The number of likely N-dealkylation sites (N-methyl/N-ethyl adjacent to an activating group) is 1. The second-order valence-electron chi connectivity index (χ2n) is 3.55. The van der Waals surface area contributed by atoms with E-state index >= 15 is 0 Å². The summed E-state index contributed by atoms with van der Waals surface area (Å²) in [6, 6.07) is 6.49. The molecule has 1 aromatic carbocycles. The average Bonchev–Trinajstić information content (AvgIpc) is 2.27. The number of hydrogen-bond donors (Lipinski definition) is 2. The van der Waals surface area contributed by atoms with Crippen molar-refractivity contribution in [2.75, 3.05) is 13.1 Å². The highest BCUT2D eigenvalue weighted by atomic mass is 16.6. The number of aliphatic hydroxyl groups excluding tert-OH is 1. The van der Waals surface area contributed by atoms with Crippen LogP contribution in [0.4, 0.5) is 5.69 Å². The van der Waals surface area contributed by atoms with Gasteiger partial charge in [-0.05, 0) is 6.54 Å². The van der Waals surface area contributed by atoms with Crippen LogP contribution in [0.1, 0.15) is 12.5 Å². The zero-order chi connectivity index (χ0) is 12.0. The Kier molecular flexibility index (Phi) is 4.88. The van der Waals surface area contributed by atoms with E-state index in [1.165, 1.54) is 6.07 Å². The molecule has 0 aliphatic rings. The van der Waals surface area contributed by atoms with Crippen LogP contribution in [0.15, 0.2) is 24.3 Å². The van der Waals surface area contributed by atoms with Crippen LogP contribution in [0, 0.1) is 10.1 Å². The number of aliphatic hydroxyl groups is 1. The number of benzene rings is 1. The summed E-state index contributed by atoms with van der Waals surface area (Å²) in [6.45, 7) is 3.16. The second kappa shape index (κ2) is 6.19. The molecule has 0 aromatic heterocycles. The number of nitro benzene ring substituents is 1. The van der Waals surface area contributed by atoms with Crippen LogP contribution in [-0.4, -0.2) is 29.2 Å². The minimum absolute atomic E-state index is 0.0676. The van der Waals surface area contributed by atoms with Gasteiger partial charge in [0.15, 0.2) is 0 Å². The van der Waals surface area contributed by atoms with Crippen molar-refractivity contribution < 1.29 is 10.0 Å². The molecule has 0 spiro atoms. The van der Waals surface area contributed by atoms with Crippen LogP contribution in [0.3, 0.4) is 0 Å². The van der Waals surface area contributed by atoms with Gasteiger partial charge in [0.1, 0.15) is 0 Å². The highest BCUT2D eigenvalue weighted by Crippen LogP contribution is 2.18. The van der Waals surface area contributed by atoms with Gasteiger partial charge in [-0.25, -0.2) is 0 Å². The quantitative estimate of drug-likeness (QED) is 0.560. The first-order valence-electron chi connectivity index (χ1n) is 5.26. The molecule has 0 saturated heterocycles. The highest BCUT2D eigenvalue weighted by Gasteiger charge is 2.15. The van der Waals surface area contributed by atoms with Crippen LogP contribution < -0.4 is 5.32 Å². The van der Waals surface area contributed by atoms with Gasteiger partial charge < -0.3 is 10.4 Å². The largest absolute Gasteiger partial charge is 0.391 e. The molecule has 0 heterocycles. The third-order valence-corrected chi connectivity index (χ3v) is 2.27. The Hall–Kier alpha value is -1.46. The van der Waals surface area contributed by atoms with E-state index < -0.39 is 11.0 Å². The van der Waals surface area contributed by atoms with Crippen LogP contribution in [0.2, 0.25) is 0 Å². The van der Waals surface area contributed by atoms with Crippen molar-refractivity contribution in [3.63, 3.8) is 0 Å². The lowest BCUT2D eigenvalue weighted by atomic mass is 10.1. The molecular formula is C11H16N2O3. The monoisotopic (exact) mass is 224 g/mol. The number of para-hydroxylation sites is 1. The molecule has 1 atom stereocenters. The van der Waals surface area contributed by atoms with Crippen LogP contribution in [0.5, 0.6) is 0 Å². The van der Waals surface area contributed by atoms with Crippen LogP contribution in [-0.2, 0) is 6.42 Å². The maximum absolute atomic E-state index is 10.7. The molecule has 0 fully saturated rings. The molecular weight excluding hydrogens is 208 g/mol. The van der Waals surface area contributed by atoms with E-state index in [1.807, 2.05) is 6.92 Å². The van der Waals surface area contributed by atoms with Gasteiger partial charge in [0.25, 0.3) is 5.69 Å². The number of rotatable bonds is 6. The molecule has 0 bridgehead atoms. The number of nitro groups is 1. The number of hydrogen-bond acceptors (Lipinski definition) is 4. The summed E-state index contributed by atoms with van der Waals surface area (Å²) in [5, 5.41) is 23.4. The zero-order valence-electron chi connectivity index (χ0n) is 9.22. The lowest BCUT2D eigenvalue weighted by Gasteiger charge is -2.10. The smallest absolute Gasteiger partial charge is 0.272 e. The van der Waals surface area contributed by atoms with Crippen LogP contribution >= 0.6 is 0 Å². The molecule has 2 N–H and O–H groups in total. The summed E-state index contributed by atoms with van der Waals surface area (Å²) in [5.41, 5.74) is 0.635. The number of nitrogens with zero attached hydrogens (tertiary/aromatic N) is 1. The number of nitrogens with one attached hydrogen (secondary N) is 1. The molecule has 0 aliphatic carbocycles. The van der Waals surface area contributed by atoms with Gasteiger partial charge in [-0.15, -0.1) is 0 Å². The van der Waals surface area contributed by atoms with Gasteiger partial charge in [0, 0.05) is 24.6 Å². The fraction of sp³-hybridized carbons (Fsp3) is 0.455. The summed E-state index contributed by atoms with van der Waals surface area (Å²) in [7, 11) is 0. The van der Waals surface area contributed by atoms with Gasteiger partial charge in [0.2, 0.25) is 0 Å². The fourth-order valence-corrected chi connectivity index (χ4v) is 1.50. The van der Waals surface area contributed by atoms with Gasteiger partial charge in [-0.2, -0.15) is 0 Å². The van der Waals surface area contributed by atoms with E-state index in [0.29, 0.717) is 18.5 Å². The third kappa shape index (κ3) is 3.60. The molecule has 88 valence electrons. The van der Waals surface area contributed by atoms with Gasteiger partial charge in [0.05, 0.1) is 11.0 Å². The second-order valence-corrected chi connectivity index (χ2v) is 3.55. The van der Waals surface area contributed by atoms with E-state index in [0.717, 1.165) is 6.54 Å². The van der Waals surface area contributed by atoms with E-state index in [2.05, 4.69) is 5.32 Å². The SMILES string of the molecule is CCNCC(O)Cc1ccccc1[N+](=O)[O-]. The van der Waals surface area contributed by atoms with Crippen molar-refractivity contribution in [2.24, 2.45) is 0 Å². The molecule has 1 aromatic rings. The summed E-state index contributed by atoms with van der Waals surface area (Å²) in [5.74, 6) is 0. The molecule has 0 aliphatic heterocycles. The maximum atomic E-state index is 10.7. The van der Waals surface area contributed by atoms with Gasteiger partial charge >= 0.3 is 0 Å². The lowest BCUT2D eigenvalue weighted by Crippen LogP contribution is -2.28. The summed E-state index contributed by atoms with van der Waals surface area (Å²) in [4.78, 5) is 10.3. The van der Waals surface area contributed by atoms with Crippen molar-refractivity contribution in [1.29, 1.82) is 0 Å². The Morgan fingerprint density at radius 2 is 2.19 bits per heavy atom. The third-order valence-electron chi connectivity index (χ3n) is 2.27. The summed E-state index contributed by atoms with van der Waals surface area (Å²) in [6.07, 6.45) is -0.300. The summed E-state index contributed by atoms with van der Waals surface area (Å²) < 4.78 is 0. The van der Waals surface area contributed by atoms with Crippen molar-refractivity contribution >= 4 is 5.69 Å². The Balaban J connectivity index is 2.69. The Morgan fingerprint density at radius 1 is 1.50 bits per heavy atom. The predicted octanol–water partition coefficient (Wildman–Crippen LogP) is 1.11. The Bertz CT molecular complexity index is 355. The van der Waals surface area contributed by atoms with Crippen molar-refractivity contribution in [1.82, 2.24) is 5.32 Å². The molecule has 5 heteroatoms. The summed E-state index contributed by atoms with van der Waals surface area (Å²) >= 11 is 0. The first-order valence-corrected chi connectivity index (χ1v) is 5.26. The molecule has 16 heavy (non-hydrogen) atoms. The van der Waals surface area contributed by atoms with E-state index in [1.54, 1.807) is 18.2 Å². The Morgan fingerprint density at radius 3 is 2.81 bits per heavy atom. The first-order chi connectivity index (χ1) is 7.65. The molecule has 1 rings (SSSR count). The van der Waals surface area contributed by atoms with Crippen molar-refractivity contribution in [3.05, 3.63) is 39.9 Å². The van der Waals surface area contributed by atoms with Gasteiger partial charge in [-0.3, -0.25) is 10.1 Å². The van der Waals surface area contributed by atoms with E-state index in [9.17, 15) is 15.2 Å². The Labute approximate surface area is 94.3 Å². The maximum Gasteiger partial charge on any atom is 0.272 e. The molecule has 5 nitrogen and oxygen atoms in total. The molecule has 0 amide bonds.